The summed E-state index contributed by atoms with van der Waals surface area (Å²) < 4.78 is 7.22. The number of hydrogen-bond acceptors (Lipinski definition) is 3. The van der Waals surface area contributed by atoms with Crippen LogP contribution in [0.3, 0.4) is 0 Å². The molecule has 2 rings (SSSR count). The van der Waals surface area contributed by atoms with E-state index in [1.807, 2.05) is 25.1 Å². The third-order valence-electron chi connectivity index (χ3n) is 2.28. The first-order valence-electron chi connectivity index (χ1n) is 5.34. The number of ketones is 1. The first-order chi connectivity index (χ1) is 8.61. The van der Waals surface area contributed by atoms with Crippen LogP contribution in [0.25, 0.3) is 0 Å². The van der Waals surface area contributed by atoms with E-state index in [4.69, 9.17) is 4.74 Å². The Bertz CT molecular complexity index is 559. The lowest BCUT2D eigenvalue weighted by molar-refractivity contribution is 0.104. The molecule has 0 unspecified atom stereocenters. The number of halogens is 2. The predicted molar refractivity (Wildman–Crippen MR) is 80.8 cm³/mol. The summed E-state index contributed by atoms with van der Waals surface area (Å²) in [6, 6.07) is 9.07. The van der Waals surface area contributed by atoms with Crippen LogP contribution in [0.4, 0.5) is 0 Å². The Morgan fingerprint density at radius 3 is 2.72 bits per heavy atom. The monoisotopic (exact) mass is 388 g/mol. The third kappa shape index (κ3) is 3.02. The van der Waals surface area contributed by atoms with E-state index in [0.717, 1.165) is 14.0 Å². The van der Waals surface area contributed by atoms with E-state index in [0.29, 0.717) is 17.0 Å². The van der Waals surface area contributed by atoms with Crippen molar-refractivity contribution in [1.82, 2.24) is 0 Å². The molecule has 0 aliphatic rings. The fraction of sp³-hybridized carbons (Fsp3) is 0.154. The van der Waals surface area contributed by atoms with Gasteiger partial charge in [-0.3, -0.25) is 4.79 Å². The summed E-state index contributed by atoms with van der Waals surface area (Å²) in [5.74, 6) is 0.728. The molecule has 1 heterocycles. The molecule has 18 heavy (non-hydrogen) atoms. The maximum Gasteiger partial charge on any atom is 0.203 e. The molecule has 1 aromatic carbocycles. The quantitative estimate of drug-likeness (QED) is 0.695. The van der Waals surface area contributed by atoms with E-state index >= 15 is 0 Å². The Morgan fingerprint density at radius 2 is 2.11 bits per heavy atom. The Kier molecular flexibility index (Phi) is 4.59. The van der Waals surface area contributed by atoms with Gasteiger partial charge in [0.25, 0.3) is 0 Å². The second-order valence-corrected chi connectivity index (χ2v) is 6.75. The van der Waals surface area contributed by atoms with Crippen molar-refractivity contribution in [1.29, 1.82) is 0 Å². The van der Waals surface area contributed by atoms with Crippen molar-refractivity contribution >= 4 is 49.0 Å². The molecule has 0 bridgehead atoms. The summed E-state index contributed by atoms with van der Waals surface area (Å²) in [6.07, 6.45) is 0. The van der Waals surface area contributed by atoms with Gasteiger partial charge in [-0.1, -0.05) is 12.1 Å². The molecule has 0 N–H and O–H groups in total. The lowest BCUT2D eigenvalue weighted by atomic mass is 10.1. The molecule has 0 amide bonds. The molecule has 0 fully saturated rings. The molecule has 5 heteroatoms. The summed E-state index contributed by atoms with van der Waals surface area (Å²) in [7, 11) is 0. The van der Waals surface area contributed by atoms with E-state index in [2.05, 4.69) is 31.9 Å². The summed E-state index contributed by atoms with van der Waals surface area (Å²) >= 11 is 8.19. The van der Waals surface area contributed by atoms with Gasteiger partial charge in [-0.2, -0.15) is 0 Å². The van der Waals surface area contributed by atoms with Gasteiger partial charge in [0.05, 0.1) is 15.3 Å². The molecule has 0 aliphatic carbocycles. The smallest absolute Gasteiger partial charge is 0.203 e. The van der Waals surface area contributed by atoms with Crippen molar-refractivity contribution in [2.24, 2.45) is 0 Å². The van der Waals surface area contributed by atoms with Gasteiger partial charge in [-0.05, 0) is 57.0 Å². The second-order valence-electron chi connectivity index (χ2n) is 3.52. The molecule has 0 saturated carbocycles. The molecular formula is C13H10Br2O2S. The highest BCUT2D eigenvalue weighted by atomic mass is 79.9. The van der Waals surface area contributed by atoms with Crippen molar-refractivity contribution in [2.45, 2.75) is 6.92 Å². The van der Waals surface area contributed by atoms with Gasteiger partial charge < -0.3 is 4.74 Å². The van der Waals surface area contributed by atoms with Crippen LogP contribution in [0.1, 0.15) is 22.2 Å². The fourth-order valence-electron chi connectivity index (χ4n) is 1.49. The van der Waals surface area contributed by atoms with Crippen molar-refractivity contribution in [3.8, 4) is 5.75 Å². The van der Waals surface area contributed by atoms with Crippen LogP contribution in [-0.4, -0.2) is 12.4 Å². The average Bonchev–Trinajstić information content (AvgIpc) is 2.69. The largest absolute Gasteiger partial charge is 0.494 e. The van der Waals surface area contributed by atoms with Gasteiger partial charge in [-0.25, -0.2) is 0 Å². The fourth-order valence-corrected chi connectivity index (χ4v) is 3.49. The lowest BCUT2D eigenvalue weighted by Crippen LogP contribution is -1.99. The number of hydrogen-bond donors (Lipinski definition) is 0. The molecule has 0 atom stereocenters. The number of carbonyl (C=O) groups is 1. The van der Waals surface area contributed by atoms with Crippen molar-refractivity contribution in [2.75, 3.05) is 6.61 Å². The van der Waals surface area contributed by atoms with Crippen LogP contribution in [0.15, 0.2) is 38.6 Å². The Morgan fingerprint density at radius 1 is 1.33 bits per heavy atom. The minimum Gasteiger partial charge on any atom is -0.494 e. The molecule has 0 radical (unpaired) electrons. The van der Waals surface area contributed by atoms with Crippen LogP contribution in [0.2, 0.25) is 0 Å². The highest BCUT2D eigenvalue weighted by Gasteiger charge is 2.14. The van der Waals surface area contributed by atoms with Gasteiger partial charge in [0.2, 0.25) is 5.78 Å². The summed E-state index contributed by atoms with van der Waals surface area (Å²) in [4.78, 5) is 13.0. The summed E-state index contributed by atoms with van der Waals surface area (Å²) in [5.41, 5.74) is 0.641. The molecule has 0 saturated heterocycles. The molecule has 2 nitrogen and oxygen atoms in total. The molecule has 94 valence electrons. The summed E-state index contributed by atoms with van der Waals surface area (Å²) in [6.45, 7) is 2.51. The number of benzene rings is 1. The van der Waals surface area contributed by atoms with Crippen LogP contribution < -0.4 is 4.74 Å². The van der Waals surface area contributed by atoms with Crippen LogP contribution in [0, 0.1) is 0 Å². The number of thiophene rings is 1. The maximum atomic E-state index is 12.3. The van der Waals surface area contributed by atoms with Gasteiger partial charge in [0, 0.05) is 10.0 Å². The van der Waals surface area contributed by atoms with E-state index in [9.17, 15) is 4.79 Å². The second kappa shape index (κ2) is 5.99. The standard InChI is InChI=1S/C13H10Br2O2S/c1-2-17-9-5-3-4-8(6-9)12(16)11-7-10(14)13(15)18-11/h3-7H,2H2,1H3. The first-order valence-corrected chi connectivity index (χ1v) is 7.74. The van der Waals surface area contributed by atoms with Crippen molar-refractivity contribution in [3.05, 3.63) is 49.0 Å². The molecule has 0 spiro atoms. The van der Waals surface area contributed by atoms with Crippen LogP contribution in [-0.2, 0) is 0 Å². The molecular weight excluding hydrogens is 380 g/mol. The van der Waals surface area contributed by atoms with Crippen LogP contribution in [0.5, 0.6) is 5.75 Å². The van der Waals surface area contributed by atoms with E-state index in [-0.39, 0.29) is 5.78 Å². The zero-order chi connectivity index (χ0) is 13.1. The highest BCUT2D eigenvalue weighted by molar-refractivity contribution is 9.13. The lowest BCUT2D eigenvalue weighted by Gasteiger charge is -2.04. The van der Waals surface area contributed by atoms with Gasteiger partial charge in [-0.15, -0.1) is 11.3 Å². The average molecular weight is 390 g/mol. The minimum absolute atomic E-state index is 0.00736. The SMILES string of the molecule is CCOc1cccc(C(=O)c2cc(Br)c(Br)s2)c1. The molecule has 0 aliphatic heterocycles. The van der Waals surface area contributed by atoms with Crippen LogP contribution >= 0.6 is 43.2 Å². The predicted octanol–water partition coefficient (Wildman–Crippen LogP) is 4.90. The normalized spacial score (nSPS) is 10.4. The number of rotatable bonds is 4. The van der Waals surface area contributed by atoms with Gasteiger partial charge in [0.1, 0.15) is 5.75 Å². The van der Waals surface area contributed by atoms with E-state index in [1.165, 1.54) is 11.3 Å². The highest BCUT2D eigenvalue weighted by Crippen LogP contribution is 2.33. The first kappa shape index (κ1) is 13.8. The molecule has 1 aromatic heterocycles. The van der Waals surface area contributed by atoms with Gasteiger partial charge in [0.15, 0.2) is 0 Å². The summed E-state index contributed by atoms with van der Waals surface area (Å²) in [5, 5.41) is 0. The Labute approximate surface area is 126 Å². The minimum atomic E-state index is 0.00736. The Balaban J connectivity index is 2.30. The molecule has 2 aromatic rings. The van der Waals surface area contributed by atoms with Crippen molar-refractivity contribution in [3.63, 3.8) is 0 Å². The Hall–Kier alpha value is -0.650. The maximum absolute atomic E-state index is 12.3. The topological polar surface area (TPSA) is 26.3 Å². The number of carbonyl (C=O) groups excluding carboxylic acids is 1. The number of ether oxygens (including phenoxy) is 1. The zero-order valence-corrected chi connectivity index (χ0v) is 13.6. The van der Waals surface area contributed by atoms with Crippen molar-refractivity contribution < 1.29 is 9.53 Å². The van der Waals surface area contributed by atoms with E-state index in [1.54, 1.807) is 12.1 Å². The zero-order valence-electron chi connectivity index (χ0n) is 9.57. The van der Waals surface area contributed by atoms with E-state index < -0.39 is 0 Å². The third-order valence-corrected chi connectivity index (χ3v) is 5.53. The van der Waals surface area contributed by atoms with Gasteiger partial charge >= 0.3 is 0 Å².